The van der Waals surface area contributed by atoms with Gasteiger partial charge in [0.05, 0.1) is 19.9 Å². The van der Waals surface area contributed by atoms with Crippen molar-refractivity contribution in [2.75, 3.05) is 19.5 Å². The third kappa shape index (κ3) is 2.66. The second kappa shape index (κ2) is 5.36. The fourth-order valence-electron chi connectivity index (χ4n) is 1.99. The summed E-state index contributed by atoms with van der Waals surface area (Å²) in [6.45, 7) is 0. The third-order valence-electron chi connectivity index (χ3n) is 3.25. The summed E-state index contributed by atoms with van der Waals surface area (Å²) in [5.41, 5.74) is 1.84. The topological polar surface area (TPSA) is 56.3 Å². The first-order chi connectivity index (χ1) is 9.80. The molecule has 1 saturated carbocycles. The molecule has 0 radical (unpaired) electrons. The molecule has 0 atom stereocenters. The molecule has 5 nitrogen and oxygen atoms in total. The fourth-order valence-corrected chi connectivity index (χ4v) is 1.99. The molecule has 0 aliphatic heterocycles. The minimum atomic E-state index is 0.538. The van der Waals surface area contributed by atoms with Crippen LogP contribution in [0.1, 0.15) is 12.8 Å². The van der Waals surface area contributed by atoms with Gasteiger partial charge in [0.25, 0.3) is 0 Å². The first-order valence-electron chi connectivity index (χ1n) is 6.62. The van der Waals surface area contributed by atoms with Crippen LogP contribution < -0.4 is 14.8 Å². The lowest BCUT2D eigenvalue weighted by Gasteiger charge is -2.10. The smallest absolute Gasteiger partial charge is 0.223 e. The standard InChI is InChI=1S/C15H17N3O2/c1-19-13-6-3-10(9-14(13)20-2)12-7-8-16-15(18-12)17-11-4-5-11/h3,6-9,11H,4-5H2,1-2H3,(H,16,17,18). The Morgan fingerprint density at radius 3 is 2.60 bits per heavy atom. The summed E-state index contributed by atoms with van der Waals surface area (Å²) >= 11 is 0. The van der Waals surface area contributed by atoms with E-state index in [9.17, 15) is 0 Å². The van der Waals surface area contributed by atoms with Crippen LogP contribution in [-0.4, -0.2) is 30.2 Å². The van der Waals surface area contributed by atoms with E-state index in [2.05, 4.69) is 15.3 Å². The van der Waals surface area contributed by atoms with Gasteiger partial charge in [0.1, 0.15) is 0 Å². The van der Waals surface area contributed by atoms with Gasteiger partial charge in [-0.25, -0.2) is 9.97 Å². The highest BCUT2D eigenvalue weighted by molar-refractivity contribution is 5.64. The van der Waals surface area contributed by atoms with Crippen LogP contribution in [-0.2, 0) is 0 Å². The zero-order valence-electron chi connectivity index (χ0n) is 11.6. The molecule has 0 amide bonds. The maximum Gasteiger partial charge on any atom is 0.223 e. The van der Waals surface area contributed by atoms with Crippen LogP contribution in [0, 0.1) is 0 Å². The van der Waals surface area contributed by atoms with Crippen LogP contribution in [0.15, 0.2) is 30.5 Å². The Morgan fingerprint density at radius 2 is 1.90 bits per heavy atom. The van der Waals surface area contributed by atoms with Gasteiger partial charge in [0, 0.05) is 17.8 Å². The Morgan fingerprint density at radius 1 is 1.10 bits per heavy atom. The van der Waals surface area contributed by atoms with Crippen LogP contribution in [0.5, 0.6) is 11.5 Å². The quantitative estimate of drug-likeness (QED) is 0.906. The molecule has 1 aromatic carbocycles. The summed E-state index contributed by atoms with van der Waals surface area (Å²) in [6.07, 6.45) is 4.16. The minimum Gasteiger partial charge on any atom is -0.493 e. The van der Waals surface area contributed by atoms with Crippen molar-refractivity contribution in [2.45, 2.75) is 18.9 Å². The molecular formula is C15H17N3O2. The number of methoxy groups -OCH3 is 2. The summed E-state index contributed by atoms with van der Waals surface area (Å²) < 4.78 is 10.6. The Kier molecular flexibility index (Phi) is 3.41. The van der Waals surface area contributed by atoms with Crippen molar-refractivity contribution in [1.29, 1.82) is 0 Å². The van der Waals surface area contributed by atoms with E-state index in [4.69, 9.17) is 9.47 Å². The number of anilines is 1. The SMILES string of the molecule is COc1ccc(-c2ccnc(NC3CC3)n2)cc1OC. The molecule has 104 valence electrons. The number of ether oxygens (including phenoxy) is 2. The largest absolute Gasteiger partial charge is 0.493 e. The molecule has 1 N–H and O–H groups in total. The van der Waals surface area contributed by atoms with E-state index in [1.54, 1.807) is 20.4 Å². The first-order valence-corrected chi connectivity index (χ1v) is 6.62. The second-order valence-corrected chi connectivity index (χ2v) is 4.75. The van der Waals surface area contributed by atoms with Gasteiger partial charge in [-0.15, -0.1) is 0 Å². The van der Waals surface area contributed by atoms with Crippen molar-refractivity contribution in [3.8, 4) is 22.8 Å². The molecular weight excluding hydrogens is 254 g/mol. The molecule has 3 rings (SSSR count). The van der Waals surface area contributed by atoms with Gasteiger partial charge in [-0.3, -0.25) is 0 Å². The summed E-state index contributed by atoms with van der Waals surface area (Å²) in [5, 5.41) is 3.30. The van der Waals surface area contributed by atoms with E-state index < -0.39 is 0 Å². The lowest BCUT2D eigenvalue weighted by molar-refractivity contribution is 0.355. The van der Waals surface area contributed by atoms with E-state index in [1.807, 2.05) is 24.3 Å². The highest BCUT2D eigenvalue weighted by Gasteiger charge is 2.21. The molecule has 1 heterocycles. The van der Waals surface area contributed by atoms with Crippen molar-refractivity contribution < 1.29 is 9.47 Å². The van der Waals surface area contributed by atoms with Gasteiger partial charge in [0.15, 0.2) is 11.5 Å². The van der Waals surface area contributed by atoms with E-state index in [0.29, 0.717) is 23.5 Å². The van der Waals surface area contributed by atoms with Crippen LogP contribution in [0.25, 0.3) is 11.3 Å². The van der Waals surface area contributed by atoms with E-state index >= 15 is 0 Å². The number of hydrogen-bond acceptors (Lipinski definition) is 5. The summed E-state index contributed by atoms with van der Waals surface area (Å²) in [7, 11) is 3.25. The molecule has 5 heteroatoms. The number of aromatic nitrogens is 2. The molecule has 1 fully saturated rings. The monoisotopic (exact) mass is 271 g/mol. The summed E-state index contributed by atoms with van der Waals surface area (Å²) in [4.78, 5) is 8.78. The van der Waals surface area contributed by atoms with E-state index in [1.165, 1.54) is 12.8 Å². The summed E-state index contributed by atoms with van der Waals surface area (Å²) in [5.74, 6) is 2.08. The molecule has 0 unspecified atom stereocenters. The first kappa shape index (κ1) is 12.7. The molecule has 0 bridgehead atoms. The van der Waals surface area contributed by atoms with E-state index in [0.717, 1.165) is 11.3 Å². The Hall–Kier alpha value is -2.30. The van der Waals surface area contributed by atoms with Crippen molar-refractivity contribution in [3.05, 3.63) is 30.5 Å². The molecule has 20 heavy (non-hydrogen) atoms. The van der Waals surface area contributed by atoms with Crippen molar-refractivity contribution in [3.63, 3.8) is 0 Å². The van der Waals surface area contributed by atoms with Gasteiger partial charge in [-0.05, 0) is 37.1 Å². The number of nitrogens with zero attached hydrogens (tertiary/aromatic N) is 2. The molecule has 1 aliphatic rings. The highest BCUT2D eigenvalue weighted by Crippen LogP contribution is 2.32. The number of rotatable bonds is 5. The molecule has 0 saturated heterocycles. The predicted octanol–water partition coefficient (Wildman–Crippen LogP) is 2.74. The third-order valence-corrected chi connectivity index (χ3v) is 3.25. The normalized spacial score (nSPS) is 13.9. The maximum absolute atomic E-state index is 5.32. The van der Waals surface area contributed by atoms with Crippen LogP contribution in [0.4, 0.5) is 5.95 Å². The van der Waals surface area contributed by atoms with Gasteiger partial charge >= 0.3 is 0 Å². The second-order valence-electron chi connectivity index (χ2n) is 4.75. The van der Waals surface area contributed by atoms with Crippen molar-refractivity contribution >= 4 is 5.95 Å². The highest BCUT2D eigenvalue weighted by atomic mass is 16.5. The zero-order chi connectivity index (χ0) is 13.9. The fraction of sp³-hybridized carbons (Fsp3) is 0.333. The molecule has 1 aromatic heterocycles. The van der Waals surface area contributed by atoms with Crippen LogP contribution in [0.3, 0.4) is 0 Å². The van der Waals surface area contributed by atoms with Crippen LogP contribution in [0.2, 0.25) is 0 Å². The number of benzene rings is 1. The Balaban J connectivity index is 1.91. The predicted molar refractivity (Wildman–Crippen MR) is 77.2 cm³/mol. The molecule has 2 aromatic rings. The van der Waals surface area contributed by atoms with Gasteiger partial charge < -0.3 is 14.8 Å². The van der Waals surface area contributed by atoms with Crippen molar-refractivity contribution in [1.82, 2.24) is 9.97 Å². The Bertz CT molecular complexity index is 612. The van der Waals surface area contributed by atoms with Gasteiger partial charge in [-0.1, -0.05) is 0 Å². The number of nitrogens with one attached hydrogen (secondary N) is 1. The molecule has 1 aliphatic carbocycles. The van der Waals surface area contributed by atoms with Gasteiger partial charge in [-0.2, -0.15) is 0 Å². The summed E-state index contributed by atoms with van der Waals surface area (Å²) in [6, 6.07) is 8.19. The average molecular weight is 271 g/mol. The minimum absolute atomic E-state index is 0.538. The maximum atomic E-state index is 5.32. The average Bonchev–Trinajstić information content (AvgIpc) is 3.30. The number of hydrogen-bond donors (Lipinski definition) is 1. The van der Waals surface area contributed by atoms with Gasteiger partial charge in [0.2, 0.25) is 5.95 Å². The van der Waals surface area contributed by atoms with Crippen molar-refractivity contribution in [2.24, 2.45) is 0 Å². The lowest BCUT2D eigenvalue weighted by Crippen LogP contribution is -2.05. The van der Waals surface area contributed by atoms with Crippen LogP contribution >= 0.6 is 0 Å². The molecule has 0 spiro atoms. The van der Waals surface area contributed by atoms with E-state index in [-0.39, 0.29) is 0 Å². The lowest BCUT2D eigenvalue weighted by atomic mass is 10.1. The zero-order valence-corrected chi connectivity index (χ0v) is 11.6. The Labute approximate surface area is 118 Å².